The Labute approximate surface area is 206 Å². The zero-order valence-corrected chi connectivity index (χ0v) is 21.1. The van der Waals surface area contributed by atoms with Crippen molar-refractivity contribution in [2.75, 3.05) is 67.1 Å². The van der Waals surface area contributed by atoms with E-state index in [-0.39, 0.29) is 75.7 Å². The Hall–Kier alpha value is -2.45. The van der Waals surface area contributed by atoms with E-state index >= 15 is 0 Å². The van der Waals surface area contributed by atoms with Crippen molar-refractivity contribution in [1.82, 2.24) is 21.3 Å². The number of Topliss-reactive ketones (excluding diaryl/α,β-unsaturated/α-hetero) is 2. The molecule has 0 spiro atoms. The van der Waals surface area contributed by atoms with Gasteiger partial charge in [-0.15, -0.1) is 0 Å². The van der Waals surface area contributed by atoms with Crippen molar-refractivity contribution in [3.8, 4) is 0 Å². The van der Waals surface area contributed by atoms with Crippen LogP contribution in [0.5, 0.6) is 0 Å². The third-order valence-electron chi connectivity index (χ3n) is 4.57. The summed E-state index contributed by atoms with van der Waals surface area (Å²) >= 11 is 0. The van der Waals surface area contributed by atoms with Crippen molar-refractivity contribution in [2.45, 2.75) is 45.2 Å². The lowest BCUT2D eigenvalue weighted by atomic mass is 10.1. The van der Waals surface area contributed by atoms with Gasteiger partial charge in [0.05, 0.1) is 51.8 Å². The summed E-state index contributed by atoms with van der Waals surface area (Å²) in [4.78, 5) is 59.7. The van der Waals surface area contributed by atoms with Gasteiger partial charge in [-0.1, -0.05) is 0 Å². The molecule has 0 heterocycles. The van der Waals surface area contributed by atoms with Crippen LogP contribution in [0, 0.1) is 0 Å². The van der Waals surface area contributed by atoms with Gasteiger partial charge in [-0.05, 0) is 20.3 Å². The number of hydrogen-bond donors (Lipinski definition) is 4. The number of amides is 3. The van der Waals surface area contributed by atoms with E-state index in [4.69, 9.17) is 18.9 Å². The number of carbonyl (C=O) groups is 5. The van der Waals surface area contributed by atoms with E-state index in [0.29, 0.717) is 19.8 Å². The van der Waals surface area contributed by atoms with Crippen LogP contribution in [0.1, 0.15) is 33.1 Å². The topological polar surface area (TPSA) is 170 Å². The largest absolute Gasteiger partial charge is 0.382 e. The molecule has 0 radical (unpaired) electrons. The van der Waals surface area contributed by atoms with Crippen molar-refractivity contribution in [3.63, 3.8) is 0 Å². The molecule has 202 valence electrons. The Morgan fingerprint density at radius 3 is 2.03 bits per heavy atom. The molecule has 0 aromatic rings. The Morgan fingerprint density at radius 2 is 1.43 bits per heavy atom. The molecule has 0 aliphatic rings. The Kier molecular flexibility index (Phi) is 19.4. The number of hydrogen-bond acceptors (Lipinski definition) is 10. The zero-order valence-electron chi connectivity index (χ0n) is 21.1. The highest BCUT2D eigenvalue weighted by atomic mass is 16.5. The lowest BCUT2D eigenvalue weighted by Gasteiger charge is -2.20. The summed E-state index contributed by atoms with van der Waals surface area (Å²) in [5.74, 6) is -1.79. The summed E-state index contributed by atoms with van der Waals surface area (Å²) in [5.41, 5.74) is 0. The molecule has 0 fully saturated rings. The molecule has 4 N–H and O–H groups in total. The maximum atomic E-state index is 12.6. The zero-order chi connectivity index (χ0) is 26.5. The predicted octanol–water partition coefficient (Wildman–Crippen LogP) is -1.71. The monoisotopic (exact) mass is 504 g/mol. The third-order valence-corrected chi connectivity index (χ3v) is 4.57. The number of carbonyl (C=O) groups excluding carboxylic acids is 5. The summed E-state index contributed by atoms with van der Waals surface area (Å²) in [7, 11) is 3.08. The van der Waals surface area contributed by atoms with Crippen LogP contribution in [0.15, 0.2) is 0 Å². The van der Waals surface area contributed by atoms with Crippen molar-refractivity contribution in [2.24, 2.45) is 0 Å². The lowest BCUT2D eigenvalue weighted by Crippen LogP contribution is -2.50. The normalized spacial score (nSPS) is 12.5. The molecule has 3 amide bonds. The molecule has 0 aliphatic carbocycles. The molecule has 0 saturated heterocycles. The van der Waals surface area contributed by atoms with Gasteiger partial charge >= 0.3 is 0 Å². The van der Waals surface area contributed by atoms with Crippen molar-refractivity contribution in [3.05, 3.63) is 0 Å². The summed E-state index contributed by atoms with van der Waals surface area (Å²) < 4.78 is 20.1. The van der Waals surface area contributed by atoms with Crippen LogP contribution in [0.2, 0.25) is 0 Å². The predicted molar refractivity (Wildman–Crippen MR) is 125 cm³/mol. The van der Waals surface area contributed by atoms with Crippen LogP contribution in [0.4, 0.5) is 0 Å². The SMILES string of the molecule is COCCOCCNC(=O)C(CCC(=O)NC(CC(C)=O)C(C)=O)NCNC(=O)COCCOC. The van der Waals surface area contributed by atoms with E-state index in [9.17, 15) is 24.0 Å². The smallest absolute Gasteiger partial charge is 0.246 e. The molecule has 0 aromatic carbocycles. The summed E-state index contributed by atoms with van der Waals surface area (Å²) in [5, 5.41) is 10.7. The quantitative estimate of drug-likeness (QED) is 0.0983. The third kappa shape index (κ3) is 18.5. The maximum Gasteiger partial charge on any atom is 0.246 e. The molecule has 0 saturated carbocycles. The van der Waals surface area contributed by atoms with Crippen molar-refractivity contribution < 1.29 is 42.9 Å². The number of rotatable bonds is 22. The second-order valence-corrected chi connectivity index (χ2v) is 7.65. The summed E-state index contributed by atoms with van der Waals surface area (Å²) in [6, 6.07) is -1.71. The van der Waals surface area contributed by atoms with Gasteiger partial charge in [0.15, 0.2) is 5.78 Å². The van der Waals surface area contributed by atoms with Crippen LogP contribution in [-0.2, 0) is 42.9 Å². The van der Waals surface area contributed by atoms with Gasteiger partial charge in [-0.3, -0.25) is 29.3 Å². The van der Waals surface area contributed by atoms with Gasteiger partial charge in [-0.25, -0.2) is 0 Å². The van der Waals surface area contributed by atoms with Crippen LogP contribution in [0.3, 0.4) is 0 Å². The first kappa shape index (κ1) is 32.5. The van der Waals surface area contributed by atoms with E-state index < -0.39 is 18.0 Å². The van der Waals surface area contributed by atoms with E-state index in [1.807, 2.05) is 0 Å². The van der Waals surface area contributed by atoms with Crippen molar-refractivity contribution >= 4 is 29.3 Å². The van der Waals surface area contributed by atoms with Gasteiger partial charge < -0.3 is 34.9 Å². The number of ether oxygens (including phenoxy) is 4. The minimum absolute atomic E-state index is 0.0308. The minimum atomic E-state index is -0.901. The second kappa shape index (κ2) is 20.9. The fourth-order valence-electron chi connectivity index (χ4n) is 2.70. The van der Waals surface area contributed by atoms with E-state index in [1.54, 1.807) is 7.11 Å². The Bertz CT molecular complexity index is 661. The van der Waals surface area contributed by atoms with Gasteiger partial charge in [-0.2, -0.15) is 0 Å². The number of nitrogens with one attached hydrogen (secondary N) is 4. The van der Waals surface area contributed by atoms with E-state index in [0.717, 1.165) is 0 Å². The van der Waals surface area contributed by atoms with E-state index in [1.165, 1.54) is 21.0 Å². The van der Waals surface area contributed by atoms with Crippen molar-refractivity contribution in [1.29, 1.82) is 0 Å². The standard InChI is InChI=1S/C22H40N4O9/c1-16(27)13-19(17(2)28)26-20(29)6-5-18(22(31)23-7-8-34-11-9-32-3)24-15-25-21(30)14-35-12-10-33-4/h18-19,24H,5-15H2,1-4H3,(H,23,31)(H,25,30)(H,26,29). The lowest BCUT2D eigenvalue weighted by molar-refractivity contribution is -0.129. The first-order valence-corrected chi connectivity index (χ1v) is 11.4. The Morgan fingerprint density at radius 1 is 0.771 bits per heavy atom. The first-order chi connectivity index (χ1) is 16.7. The average molecular weight is 505 g/mol. The molecule has 2 unspecified atom stereocenters. The molecule has 35 heavy (non-hydrogen) atoms. The molecule has 0 aromatic heterocycles. The molecule has 2 atom stereocenters. The maximum absolute atomic E-state index is 12.6. The number of ketones is 2. The fraction of sp³-hybridized carbons (Fsp3) is 0.773. The van der Waals surface area contributed by atoms with Crippen LogP contribution in [-0.4, -0.2) is 108 Å². The van der Waals surface area contributed by atoms with E-state index in [2.05, 4.69) is 21.3 Å². The molecule has 0 rings (SSSR count). The van der Waals surface area contributed by atoms with Crippen LogP contribution < -0.4 is 21.3 Å². The first-order valence-electron chi connectivity index (χ1n) is 11.4. The molecule has 13 heteroatoms. The molecule has 0 aliphatic heterocycles. The summed E-state index contributed by atoms with van der Waals surface area (Å²) in [6.45, 7) is 4.43. The van der Waals surface area contributed by atoms with Gasteiger partial charge in [0, 0.05) is 33.6 Å². The molecule has 13 nitrogen and oxygen atoms in total. The fourth-order valence-corrected chi connectivity index (χ4v) is 2.70. The van der Waals surface area contributed by atoms with Crippen LogP contribution in [0.25, 0.3) is 0 Å². The van der Waals surface area contributed by atoms with Crippen LogP contribution >= 0.6 is 0 Å². The van der Waals surface area contributed by atoms with Gasteiger partial charge in [0.2, 0.25) is 17.7 Å². The highest BCUT2D eigenvalue weighted by Crippen LogP contribution is 2.01. The average Bonchev–Trinajstić information content (AvgIpc) is 2.80. The highest BCUT2D eigenvalue weighted by Gasteiger charge is 2.22. The van der Waals surface area contributed by atoms with Gasteiger partial charge in [0.1, 0.15) is 12.4 Å². The highest BCUT2D eigenvalue weighted by molar-refractivity contribution is 5.92. The Balaban J connectivity index is 4.72. The second-order valence-electron chi connectivity index (χ2n) is 7.65. The molecular formula is C22H40N4O9. The summed E-state index contributed by atoms with van der Waals surface area (Å²) in [6.07, 6.45) is -0.0803. The molecule has 0 bridgehead atoms. The van der Waals surface area contributed by atoms with Gasteiger partial charge in [0.25, 0.3) is 0 Å². The minimum Gasteiger partial charge on any atom is -0.382 e. The molecular weight excluding hydrogens is 464 g/mol. The number of methoxy groups -OCH3 is 2.